The number of phenols is 1. The molecular formula is C14H16N4O. The van der Waals surface area contributed by atoms with Crippen molar-refractivity contribution in [1.82, 2.24) is 15.3 Å². The van der Waals surface area contributed by atoms with Gasteiger partial charge >= 0.3 is 0 Å². The molecular weight excluding hydrogens is 240 g/mol. The molecule has 0 aliphatic carbocycles. The largest absolute Gasteiger partial charge is 0.507 e. The van der Waals surface area contributed by atoms with Crippen LogP contribution in [0.5, 0.6) is 5.75 Å². The van der Waals surface area contributed by atoms with E-state index in [2.05, 4.69) is 20.2 Å². The van der Waals surface area contributed by atoms with Crippen LogP contribution in [0.25, 0.3) is 11.1 Å². The summed E-state index contributed by atoms with van der Waals surface area (Å²) in [5.41, 5.74) is 1.59. The Kier molecular flexibility index (Phi) is 3.29. The summed E-state index contributed by atoms with van der Waals surface area (Å²) in [6, 6.07) is 7.21. The lowest BCUT2D eigenvalue weighted by Gasteiger charge is -2.27. The van der Waals surface area contributed by atoms with Crippen molar-refractivity contribution < 1.29 is 5.11 Å². The summed E-state index contributed by atoms with van der Waals surface area (Å²) in [5, 5.41) is 13.1. The van der Waals surface area contributed by atoms with E-state index in [0.717, 1.165) is 43.3 Å². The number of nitrogens with zero attached hydrogens (tertiary/aromatic N) is 3. The molecule has 0 spiro atoms. The van der Waals surface area contributed by atoms with Gasteiger partial charge in [0.15, 0.2) is 0 Å². The molecule has 0 unspecified atom stereocenters. The molecule has 1 aromatic heterocycles. The molecule has 1 aliphatic rings. The molecule has 2 N–H and O–H groups in total. The van der Waals surface area contributed by atoms with Gasteiger partial charge < -0.3 is 15.3 Å². The molecule has 2 aromatic rings. The number of hydrogen-bond donors (Lipinski definition) is 2. The molecule has 1 aliphatic heterocycles. The lowest BCUT2D eigenvalue weighted by atomic mass is 10.1. The van der Waals surface area contributed by atoms with E-state index in [1.165, 1.54) is 0 Å². The summed E-state index contributed by atoms with van der Waals surface area (Å²) in [4.78, 5) is 10.9. The first-order valence-corrected chi connectivity index (χ1v) is 6.41. The SMILES string of the molecule is Oc1ccccc1-c1cnc(N2CCNCC2)nc1. The Labute approximate surface area is 111 Å². The van der Waals surface area contributed by atoms with Crippen molar-refractivity contribution in [2.75, 3.05) is 31.1 Å². The van der Waals surface area contributed by atoms with E-state index in [4.69, 9.17) is 0 Å². The number of aromatic hydroxyl groups is 1. The highest BCUT2D eigenvalue weighted by atomic mass is 16.3. The normalized spacial score (nSPS) is 15.5. The van der Waals surface area contributed by atoms with Crippen molar-refractivity contribution in [2.24, 2.45) is 0 Å². The quantitative estimate of drug-likeness (QED) is 0.847. The van der Waals surface area contributed by atoms with Gasteiger partial charge in [-0.1, -0.05) is 18.2 Å². The molecule has 0 atom stereocenters. The van der Waals surface area contributed by atoms with Gasteiger partial charge in [-0.2, -0.15) is 0 Å². The highest BCUT2D eigenvalue weighted by molar-refractivity contribution is 5.68. The van der Waals surface area contributed by atoms with Crippen LogP contribution in [0.3, 0.4) is 0 Å². The van der Waals surface area contributed by atoms with Gasteiger partial charge in [0.05, 0.1) is 0 Å². The van der Waals surface area contributed by atoms with Crippen molar-refractivity contribution in [2.45, 2.75) is 0 Å². The average molecular weight is 256 g/mol. The number of piperazine rings is 1. The number of phenolic OH excluding ortho intramolecular Hbond substituents is 1. The van der Waals surface area contributed by atoms with E-state index in [9.17, 15) is 5.11 Å². The summed E-state index contributed by atoms with van der Waals surface area (Å²) in [6.45, 7) is 3.78. The van der Waals surface area contributed by atoms with Crippen molar-refractivity contribution in [1.29, 1.82) is 0 Å². The van der Waals surface area contributed by atoms with E-state index >= 15 is 0 Å². The molecule has 0 radical (unpaired) electrons. The monoisotopic (exact) mass is 256 g/mol. The number of anilines is 1. The van der Waals surface area contributed by atoms with E-state index in [0.29, 0.717) is 0 Å². The lowest BCUT2D eigenvalue weighted by Crippen LogP contribution is -2.44. The van der Waals surface area contributed by atoms with Gasteiger partial charge in [-0.05, 0) is 6.07 Å². The second kappa shape index (κ2) is 5.24. The van der Waals surface area contributed by atoms with Gasteiger partial charge in [0.2, 0.25) is 5.95 Å². The van der Waals surface area contributed by atoms with Crippen molar-refractivity contribution in [3.05, 3.63) is 36.7 Å². The Hall–Kier alpha value is -2.14. The molecule has 5 nitrogen and oxygen atoms in total. The van der Waals surface area contributed by atoms with Gasteiger partial charge in [0.25, 0.3) is 0 Å². The number of hydrogen-bond acceptors (Lipinski definition) is 5. The Balaban J connectivity index is 1.84. The molecule has 5 heteroatoms. The Morgan fingerprint density at radius 2 is 1.74 bits per heavy atom. The fraction of sp³-hybridized carbons (Fsp3) is 0.286. The minimum absolute atomic E-state index is 0.251. The number of benzene rings is 1. The van der Waals surface area contributed by atoms with Crippen LogP contribution in [0.2, 0.25) is 0 Å². The van der Waals surface area contributed by atoms with Crippen molar-refractivity contribution in [3.8, 4) is 16.9 Å². The highest BCUT2D eigenvalue weighted by Gasteiger charge is 2.13. The Bertz CT molecular complexity index is 550. The third kappa shape index (κ3) is 2.51. The number of para-hydroxylation sites is 1. The van der Waals surface area contributed by atoms with E-state index in [1.807, 2.05) is 12.1 Å². The maximum atomic E-state index is 9.81. The van der Waals surface area contributed by atoms with Crippen LogP contribution >= 0.6 is 0 Å². The second-order valence-corrected chi connectivity index (χ2v) is 4.53. The van der Waals surface area contributed by atoms with Gasteiger partial charge in [-0.25, -0.2) is 9.97 Å². The van der Waals surface area contributed by atoms with Gasteiger partial charge in [-0.3, -0.25) is 0 Å². The maximum absolute atomic E-state index is 9.81. The van der Waals surface area contributed by atoms with E-state index in [1.54, 1.807) is 24.5 Å². The van der Waals surface area contributed by atoms with E-state index in [-0.39, 0.29) is 5.75 Å². The third-order valence-corrected chi connectivity index (χ3v) is 3.25. The zero-order chi connectivity index (χ0) is 13.1. The molecule has 98 valence electrons. The van der Waals surface area contributed by atoms with E-state index < -0.39 is 0 Å². The average Bonchev–Trinajstić information content (AvgIpc) is 2.49. The van der Waals surface area contributed by atoms with Crippen LogP contribution in [0.15, 0.2) is 36.7 Å². The number of aromatic nitrogens is 2. The molecule has 19 heavy (non-hydrogen) atoms. The van der Waals surface area contributed by atoms with Crippen molar-refractivity contribution >= 4 is 5.95 Å². The topological polar surface area (TPSA) is 61.3 Å². The summed E-state index contributed by atoms with van der Waals surface area (Å²) in [7, 11) is 0. The molecule has 2 heterocycles. The minimum atomic E-state index is 0.251. The Morgan fingerprint density at radius 3 is 2.42 bits per heavy atom. The van der Waals surface area contributed by atoms with Crippen molar-refractivity contribution in [3.63, 3.8) is 0 Å². The first-order chi connectivity index (χ1) is 9.34. The number of nitrogens with one attached hydrogen (secondary N) is 1. The van der Waals surface area contributed by atoms with Crippen LogP contribution in [-0.4, -0.2) is 41.3 Å². The zero-order valence-corrected chi connectivity index (χ0v) is 10.6. The van der Waals surface area contributed by atoms with Gasteiger partial charge in [0.1, 0.15) is 5.75 Å². The van der Waals surface area contributed by atoms with Crippen LogP contribution in [-0.2, 0) is 0 Å². The summed E-state index contributed by atoms with van der Waals surface area (Å²) in [6.07, 6.45) is 3.53. The third-order valence-electron chi connectivity index (χ3n) is 3.25. The Morgan fingerprint density at radius 1 is 1.05 bits per heavy atom. The fourth-order valence-corrected chi connectivity index (χ4v) is 2.21. The second-order valence-electron chi connectivity index (χ2n) is 4.53. The minimum Gasteiger partial charge on any atom is -0.507 e. The zero-order valence-electron chi connectivity index (χ0n) is 10.6. The predicted octanol–water partition coefficient (Wildman–Crippen LogP) is 1.26. The molecule has 1 fully saturated rings. The van der Waals surface area contributed by atoms with Gasteiger partial charge in [0, 0.05) is 49.7 Å². The molecule has 1 saturated heterocycles. The first kappa shape index (κ1) is 11.9. The predicted molar refractivity (Wildman–Crippen MR) is 74.2 cm³/mol. The van der Waals surface area contributed by atoms with Crippen LogP contribution < -0.4 is 10.2 Å². The van der Waals surface area contributed by atoms with Crippen LogP contribution in [0.1, 0.15) is 0 Å². The molecule has 1 aromatic carbocycles. The summed E-state index contributed by atoms with van der Waals surface area (Å²) >= 11 is 0. The van der Waals surface area contributed by atoms with Crippen LogP contribution in [0.4, 0.5) is 5.95 Å². The fourth-order valence-electron chi connectivity index (χ4n) is 2.21. The standard InChI is InChI=1S/C14H16N4O/c19-13-4-2-1-3-12(13)11-9-16-14(17-10-11)18-7-5-15-6-8-18/h1-4,9-10,15,19H,5-8H2. The maximum Gasteiger partial charge on any atom is 0.225 e. The molecule has 0 saturated carbocycles. The first-order valence-electron chi connectivity index (χ1n) is 6.41. The molecule has 3 rings (SSSR count). The van der Waals surface area contributed by atoms with Crippen LogP contribution in [0, 0.1) is 0 Å². The highest BCUT2D eigenvalue weighted by Crippen LogP contribution is 2.27. The lowest BCUT2D eigenvalue weighted by molar-refractivity contribution is 0.477. The van der Waals surface area contributed by atoms with Gasteiger partial charge in [-0.15, -0.1) is 0 Å². The smallest absolute Gasteiger partial charge is 0.225 e. The molecule has 0 amide bonds. The summed E-state index contributed by atoms with van der Waals surface area (Å²) in [5.74, 6) is 1.00. The molecule has 0 bridgehead atoms. The number of rotatable bonds is 2. The summed E-state index contributed by atoms with van der Waals surface area (Å²) < 4.78 is 0.